The molecule has 0 spiro atoms. The molecule has 2 aliphatic heterocycles. The lowest BCUT2D eigenvalue weighted by Crippen LogP contribution is -2.46. The van der Waals surface area contributed by atoms with E-state index >= 15 is 0 Å². The number of rotatable bonds is 3. The molecule has 0 aromatic carbocycles. The zero-order chi connectivity index (χ0) is 16.8. The molecule has 0 bridgehead atoms. The number of amides is 1. The molecule has 1 amide bonds. The van der Waals surface area contributed by atoms with Crippen LogP contribution in [0.1, 0.15) is 32.1 Å². The maximum Gasteiger partial charge on any atom is 0.311 e. The second kappa shape index (κ2) is 5.71. The molecule has 0 aromatic rings. The minimum Gasteiger partial charge on any atom is -0.481 e. The molecule has 1 saturated carbocycles. The van der Waals surface area contributed by atoms with Gasteiger partial charge in [0.1, 0.15) is 0 Å². The van der Waals surface area contributed by atoms with Gasteiger partial charge in [-0.05, 0) is 31.6 Å². The van der Waals surface area contributed by atoms with E-state index in [2.05, 4.69) is 0 Å². The van der Waals surface area contributed by atoms with E-state index in [-0.39, 0.29) is 30.8 Å². The fourth-order valence-corrected chi connectivity index (χ4v) is 5.14. The van der Waals surface area contributed by atoms with Gasteiger partial charge in [0.25, 0.3) is 10.2 Å². The monoisotopic (exact) mass is 345 g/mol. The number of aliphatic carboxylic acids is 1. The summed E-state index contributed by atoms with van der Waals surface area (Å²) >= 11 is 0. The normalized spacial score (nSPS) is 32.9. The van der Waals surface area contributed by atoms with Crippen molar-refractivity contribution in [2.75, 3.05) is 26.2 Å². The van der Waals surface area contributed by atoms with Crippen LogP contribution in [-0.4, -0.2) is 60.8 Å². The molecule has 3 aliphatic rings. The molecule has 130 valence electrons. The Hall–Kier alpha value is -1.19. The van der Waals surface area contributed by atoms with Gasteiger partial charge in [-0.1, -0.05) is 6.42 Å². The first kappa shape index (κ1) is 16.7. The first-order chi connectivity index (χ1) is 10.7. The van der Waals surface area contributed by atoms with Gasteiger partial charge in [-0.15, -0.1) is 0 Å². The minimum absolute atomic E-state index is 0.0332. The van der Waals surface area contributed by atoms with Gasteiger partial charge in [-0.25, -0.2) is 5.14 Å². The molecular formula is C14H23N3O5S. The number of piperidine rings is 1. The van der Waals surface area contributed by atoms with Crippen molar-refractivity contribution in [3.05, 3.63) is 0 Å². The quantitative estimate of drug-likeness (QED) is 0.722. The smallest absolute Gasteiger partial charge is 0.311 e. The fourth-order valence-electron chi connectivity index (χ4n) is 4.42. The lowest BCUT2D eigenvalue weighted by molar-refractivity contribution is -0.149. The van der Waals surface area contributed by atoms with Crippen molar-refractivity contribution in [3.63, 3.8) is 0 Å². The Morgan fingerprint density at radius 3 is 2.35 bits per heavy atom. The molecule has 2 saturated heterocycles. The van der Waals surface area contributed by atoms with Crippen LogP contribution in [0.4, 0.5) is 0 Å². The van der Waals surface area contributed by atoms with Crippen LogP contribution in [-0.2, 0) is 19.8 Å². The van der Waals surface area contributed by atoms with E-state index in [1.165, 1.54) is 4.31 Å². The first-order valence-corrected chi connectivity index (χ1v) is 9.54. The molecular weight excluding hydrogens is 322 g/mol. The van der Waals surface area contributed by atoms with E-state index in [0.717, 1.165) is 12.8 Å². The second-order valence-electron chi connectivity index (χ2n) is 6.99. The van der Waals surface area contributed by atoms with Crippen molar-refractivity contribution < 1.29 is 23.1 Å². The molecule has 0 radical (unpaired) electrons. The molecule has 0 unspecified atom stereocenters. The molecule has 23 heavy (non-hydrogen) atoms. The van der Waals surface area contributed by atoms with Crippen molar-refractivity contribution in [1.29, 1.82) is 0 Å². The highest BCUT2D eigenvalue weighted by atomic mass is 32.2. The number of carboxylic acid groups (broad SMARTS) is 1. The Balaban J connectivity index is 1.64. The van der Waals surface area contributed by atoms with Gasteiger partial charge in [-0.3, -0.25) is 9.59 Å². The number of carbonyl (C=O) groups is 2. The zero-order valence-corrected chi connectivity index (χ0v) is 13.8. The third-order valence-electron chi connectivity index (χ3n) is 5.77. The highest BCUT2D eigenvalue weighted by molar-refractivity contribution is 7.86. The average Bonchev–Trinajstić information content (AvgIpc) is 3.03. The Bertz CT molecular complexity index is 614. The van der Waals surface area contributed by atoms with Crippen LogP contribution in [0.15, 0.2) is 0 Å². The molecule has 3 fully saturated rings. The van der Waals surface area contributed by atoms with Gasteiger partial charge in [0.05, 0.1) is 5.41 Å². The summed E-state index contributed by atoms with van der Waals surface area (Å²) < 4.78 is 23.8. The van der Waals surface area contributed by atoms with Crippen LogP contribution in [0.3, 0.4) is 0 Å². The van der Waals surface area contributed by atoms with Crippen LogP contribution >= 0.6 is 0 Å². The van der Waals surface area contributed by atoms with Crippen LogP contribution in [0.25, 0.3) is 0 Å². The molecule has 3 rings (SSSR count). The van der Waals surface area contributed by atoms with Gasteiger partial charge in [0.15, 0.2) is 0 Å². The van der Waals surface area contributed by atoms with Crippen molar-refractivity contribution in [1.82, 2.24) is 9.21 Å². The average molecular weight is 345 g/mol. The highest BCUT2D eigenvalue weighted by Gasteiger charge is 2.56. The maximum absolute atomic E-state index is 12.7. The summed E-state index contributed by atoms with van der Waals surface area (Å²) in [7, 11) is -3.70. The molecule has 2 atom stereocenters. The summed E-state index contributed by atoms with van der Waals surface area (Å²) in [6.45, 7) is 1.30. The number of likely N-dealkylation sites (tertiary alicyclic amines) is 1. The van der Waals surface area contributed by atoms with Gasteiger partial charge in [-0.2, -0.15) is 12.7 Å². The predicted octanol–water partition coefficient (Wildman–Crippen LogP) is -0.385. The maximum atomic E-state index is 12.7. The molecule has 9 heteroatoms. The summed E-state index contributed by atoms with van der Waals surface area (Å²) in [6.07, 6.45) is 3.29. The van der Waals surface area contributed by atoms with E-state index in [0.29, 0.717) is 32.4 Å². The standard InChI is InChI=1S/C14H23N3O5S/c15-23(21,22)17-6-3-10(4-7-17)12(18)16-8-11-2-1-5-14(11,9-16)13(19)20/h10-11H,1-9H2,(H,19,20)(H2,15,21,22)/t11-,14+/m0/s1. The summed E-state index contributed by atoms with van der Waals surface area (Å²) in [4.78, 5) is 26.1. The number of hydrogen-bond acceptors (Lipinski definition) is 4. The minimum atomic E-state index is -3.70. The summed E-state index contributed by atoms with van der Waals surface area (Å²) in [5, 5.41) is 14.7. The Kier molecular flexibility index (Phi) is 4.14. The number of nitrogens with zero attached hydrogens (tertiary/aromatic N) is 2. The summed E-state index contributed by atoms with van der Waals surface area (Å²) in [6, 6.07) is 0. The third-order valence-corrected chi connectivity index (χ3v) is 6.86. The van der Waals surface area contributed by atoms with Crippen molar-refractivity contribution in [2.24, 2.45) is 22.4 Å². The third kappa shape index (κ3) is 2.85. The van der Waals surface area contributed by atoms with Gasteiger partial charge >= 0.3 is 5.97 Å². The van der Waals surface area contributed by atoms with E-state index in [4.69, 9.17) is 5.14 Å². The van der Waals surface area contributed by atoms with E-state index in [9.17, 15) is 23.1 Å². The number of nitrogens with two attached hydrogens (primary N) is 1. The Labute approximate surface area is 135 Å². The van der Waals surface area contributed by atoms with Crippen LogP contribution in [0, 0.1) is 17.3 Å². The summed E-state index contributed by atoms with van der Waals surface area (Å²) in [5.74, 6) is -1.01. The molecule has 8 nitrogen and oxygen atoms in total. The van der Waals surface area contributed by atoms with E-state index in [1.54, 1.807) is 4.90 Å². The molecule has 3 N–H and O–H groups in total. The molecule has 0 aromatic heterocycles. The summed E-state index contributed by atoms with van der Waals surface area (Å²) in [5.41, 5.74) is -0.767. The lowest BCUT2D eigenvalue weighted by Gasteiger charge is -2.32. The molecule has 2 heterocycles. The van der Waals surface area contributed by atoms with E-state index < -0.39 is 21.6 Å². The van der Waals surface area contributed by atoms with Gasteiger partial charge in [0, 0.05) is 32.1 Å². The van der Waals surface area contributed by atoms with Crippen LogP contribution in [0.2, 0.25) is 0 Å². The Morgan fingerprint density at radius 2 is 1.83 bits per heavy atom. The molecule has 1 aliphatic carbocycles. The number of carbonyl (C=O) groups excluding carboxylic acids is 1. The largest absolute Gasteiger partial charge is 0.481 e. The highest BCUT2D eigenvalue weighted by Crippen LogP contribution is 2.49. The van der Waals surface area contributed by atoms with Crippen molar-refractivity contribution in [3.8, 4) is 0 Å². The lowest BCUT2D eigenvalue weighted by atomic mass is 9.81. The van der Waals surface area contributed by atoms with Crippen molar-refractivity contribution >= 4 is 22.1 Å². The Morgan fingerprint density at radius 1 is 1.17 bits per heavy atom. The second-order valence-corrected chi connectivity index (χ2v) is 8.53. The topological polar surface area (TPSA) is 121 Å². The van der Waals surface area contributed by atoms with E-state index in [1.807, 2.05) is 0 Å². The number of carboxylic acids is 1. The van der Waals surface area contributed by atoms with Gasteiger partial charge < -0.3 is 10.0 Å². The van der Waals surface area contributed by atoms with Crippen LogP contribution < -0.4 is 5.14 Å². The van der Waals surface area contributed by atoms with Crippen LogP contribution in [0.5, 0.6) is 0 Å². The predicted molar refractivity (Wildman–Crippen MR) is 81.4 cm³/mol. The van der Waals surface area contributed by atoms with Crippen molar-refractivity contribution in [2.45, 2.75) is 32.1 Å². The first-order valence-electron chi connectivity index (χ1n) is 8.04. The SMILES string of the molecule is NS(=O)(=O)N1CCC(C(=O)N2C[C@@H]3CCC[C@@]3(C(=O)O)C2)CC1. The number of fused-ring (bicyclic) bond motifs is 1. The zero-order valence-electron chi connectivity index (χ0n) is 13.0. The fraction of sp³-hybridized carbons (Fsp3) is 0.857. The number of hydrogen-bond donors (Lipinski definition) is 2. The van der Waals surface area contributed by atoms with Gasteiger partial charge in [0.2, 0.25) is 5.91 Å².